The molecule has 6 heteroatoms. The molecule has 1 fully saturated rings. The van der Waals surface area contributed by atoms with Crippen LogP contribution in [0, 0.1) is 0 Å². The van der Waals surface area contributed by atoms with E-state index in [4.69, 9.17) is 11.6 Å². The van der Waals surface area contributed by atoms with Crippen LogP contribution in [0.3, 0.4) is 0 Å². The Hall–Kier alpha value is -0.780. The van der Waals surface area contributed by atoms with Crippen LogP contribution in [0.4, 0.5) is 8.78 Å². The summed E-state index contributed by atoms with van der Waals surface area (Å²) in [5.41, 5.74) is -0.528. The zero-order chi connectivity index (χ0) is 13.4. The van der Waals surface area contributed by atoms with Crippen molar-refractivity contribution >= 4 is 11.6 Å². The molecule has 2 rings (SSSR count). The van der Waals surface area contributed by atoms with Crippen LogP contribution in [-0.2, 0) is 12.2 Å². The van der Waals surface area contributed by atoms with E-state index in [2.05, 4.69) is 4.98 Å². The molecule has 0 unspecified atom stereocenters. The van der Waals surface area contributed by atoms with Crippen molar-refractivity contribution in [3.63, 3.8) is 0 Å². The van der Waals surface area contributed by atoms with E-state index in [1.54, 1.807) is 0 Å². The Bertz CT molecular complexity index is 444. The summed E-state index contributed by atoms with van der Waals surface area (Å²) in [6.07, 6.45) is 0.533. The van der Waals surface area contributed by atoms with Gasteiger partial charge < -0.3 is 10.2 Å². The summed E-state index contributed by atoms with van der Waals surface area (Å²) < 4.78 is 26.3. The molecular formula is C12H14ClF2NO2. The summed E-state index contributed by atoms with van der Waals surface area (Å²) in [7, 11) is 0. The first kappa shape index (κ1) is 13.6. The Kier molecular flexibility index (Phi) is 3.58. The number of halogens is 3. The molecule has 0 bridgehead atoms. The highest BCUT2D eigenvalue weighted by atomic mass is 35.5. The molecule has 0 radical (unpaired) electrons. The zero-order valence-corrected chi connectivity index (χ0v) is 10.4. The topological polar surface area (TPSA) is 53.4 Å². The van der Waals surface area contributed by atoms with Crippen LogP contribution in [0.25, 0.3) is 0 Å². The van der Waals surface area contributed by atoms with Gasteiger partial charge in [-0.05, 0) is 24.5 Å². The number of nitrogens with zero attached hydrogens (tertiary/aromatic N) is 1. The molecule has 0 aromatic carbocycles. The van der Waals surface area contributed by atoms with Crippen LogP contribution in [-0.4, -0.2) is 21.1 Å². The van der Waals surface area contributed by atoms with Gasteiger partial charge in [0.1, 0.15) is 5.15 Å². The second-order valence-corrected chi connectivity index (χ2v) is 5.10. The monoisotopic (exact) mass is 277 g/mol. The van der Waals surface area contributed by atoms with Crippen molar-refractivity contribution in [3.8, 4) is 0 Å². The fourth-order valence-electron chi connectivity index (χ4n) is 2.32. The molecule has 18 heavy (non-hydrogen) atoms. The predicted molar refractivity (Wildman–Crippen MR) is 62.5 cm³/mol. The molecule has 1 aliphatic carbocycles. The average molecular weight is 278 g/mol. The van der Waals surface area contributed by atoms with Crippen molar-refractivity contribution in [3.05, 3.63) is 28.5 Å². The van der Waals surface area contributed by atoms with Crippen LogP contribution < -0.4 is 0 Å². The van der Waals surface area contributed by atoms with Crippen LogP contribution >= 0.6 is 11.6 Å². The first-order valence-electron chi connectivity index (χ1n) is 5.72. The highest BCUT2D eigenvalue weighted by molar-refractivity contribution is 6.29. The minimum atomic E-state index is -2.72. The number of pyridine rings is 1. The molecule has 1 aliphatic rings. The van der Waals surface area contributed by atoms with Crippen molar-refractivity contribution in [1.82, 2.24) is 4.98 Å². The number of aliphatic hydroxyl groups excluding tert-OH is 1. The molecule has 1 heterocycles. The van der Waals surface area contributed by atoms with Gasteiger partial charge in [0.15, 0.2) is 0 Å². The number of aliphatic hydroxyl groups is 2. The third-order valence-electron chi connectivity index (χ3n) is 3.43. The molecule has 1 aromatic heterocycles. The first-order valence-corrected chi connectivity index (χ1v) is 6.10. The van der Waals surface area contributed by atoms with Gasteiger partial charge in [0.25, 0.3) is 0 Å². The lowest BCUT2D eigenvalue weighted by Gasteiger charge is -2.37. The summed E-state index contributed by atoms with van der Waals surface area (Å²) >= 11 is 5.76. The van der Waals surface area contributed by atoms with Crippen LogP contribution in [0.2, 0.25) is 5.15 Å². The molecule has 2 N–H and O–H groups in total. The number of alkyl halides is 2. The van der Waals surface area contributed by atoms with Gasteiger partial charge in [-0.25, -0.2) is 13.8 Å². The SMILES string of the molecule is OCc1cnc(Cl)cc1C1(O)CCC(F)(F)CC1. The maximum atomic E-state index is 13.1. The highest BCUT2D eigenvalue weighted by Crippen LogP contribution is 2.44. The second kappa shape index (κ2) is 4.72. The molecule has 0 aliphatic heterocycles. The summed E-state index contributed by atoms with van der Waals surface area (Å²) in [6.45, 7) is -0.307. The van der Waals surface area contributed by atoms with E-state index in [0.717, 1.165) is 0 Å². The lowest BCUT2D eigenvalue weighted by molar-refractivity contribution is -0.107. The Morgan fingerprint density at radius 3 is 2.44 bits per heavy atom. The number of aromatic nitrogens is 1. The minimum Gasteiger partial charge on any atom is -0.392 e. The average Bonchev–Trinajstić information content (AvgIpc) is 2.33. The molecule has 100 valence electrons. The molecule has 1 aromatic rings. The maximum Gasteiger partial charge on any atom is 0.248 e. The van der Waals surface area contributed by atoms with Gasteiger partial charge in [-0.15, -0.1) is 0 Å². The smallest absolute Gasteiger partial charge is 0.248 e. The zero-order valence-electron chi connectivity index (χ0n) is 9.67. The fraction of sp³-hybridized carbons (Fsp3) is 0.583. The van der Waals surface area contributed by atoms with E-state index in [0.29, 0.717) is 11.1 Å². The van der Waals surface area contributed by atoms with E-state index < -0.39 is 11.5 Å². The van der Waals surface area contributed by atoms with Crippen molar-refractivity contribution in [2.75, 3.05) is 0 Å². The van der Waals surface area contributed by atoms with Gasteiger partial charge in [-0.2, -0.15) is 0 Å². The van der Waals surface area contributed by atoms with Gasteiger partial charge >= 0.3 is 0 Å². The quantitative estimate of drug-likeness (QED) is 0.817. The fourth-order valence-corrected chi connectivity index (χ4v) is 2.47. The third kappa shape index (κ3) is 2.63. The summed E-state index contributed by atoms with van der Waals surface area (Å²) in [5.74, 6) is -2.72. The van der Waals surface area contributed by atoms with E-state index in [-0.39, 0.29) is 37.4 Å². The lowest BCUT2D eigenvalue weighted by Crippen LogP contribution is -2.37. The molecule has 0 amide bonds. The normalized spacial score (nSPS) is 21.8. The molecule has 1 saturated carbocycles. The van der Waals surface area contributed by atoms with E-state index in [1.165, 1.54) is 12.3 Å². The molecule has 0 saturated heterocycles. The van der Waals surface area contributed by atoms with Gasteiger partial charge in [-0.3, -0.25) is 0 Å². The summed E-state index contributed by atoms with van der Waals surface area (Å²) in [5, 5.41) is 19.9. The Labute approximate surface area is 108 Å². The lowest BCUT2D eigenvalue weighted by atomic mass is 9.77. The van der Waals surface area contributed by atoms with Gasteiger partial charge in [-0.1, -0.05) is 11.6 Å². The maximum absolute atomic E-state index is 13.1. The Balaban J connectivity index is 2.33. The van der Waals surface area contributed by atoms with Crippen LogP contribution in [0.1, 0.15) is 36.8 Å². The predicted octanol–water partition coefficient (Wildman–Crippen LogP) is 2.62. The second-order valence-electron chi connectivity index (χ2n) is 4.71. The van der Waals surface area contributed by atoms with Crippen LogP contribution in [0.15, 0.2) is 12.3 Å². The van der Waals surface area contributed by atoms with Crippen molar-refractivity contribution in [1.29, 1.82) is 0 Å². The number of rotatable bonds is 2. The molecule has 0 spiro atoms. The van der Waals surface area contributed by atoms with Crippen LogP contribution in [0.5, 0.6) is 0 Å². The summed E-state index contributed by atoms with van der Waals surface area (Å²) in [6, 6.07) is 1.44. The van der Waals surface area contributed by atoms with E-state index >= 15 is 0 Å². The van der Waals surface area contributed by atoms with Gasteiger partial charge in [0.05, 0.1) is 12.2 Å². The van der Waals surface area contributed by atoms with Gasteiger partial charge in [0, 0.05) is 24.6 Å². The third-order valence-corrected chi connectivity index (χ3v) is 3.64. The van der Waals surface area contributed by atoms with E-state index in [1.807, 2.05) is 0 Å². The van der Waals surface area contributed by atoms with Crippen molar-refractivity contribution in [2.45, 2.75) is 43.8 Å². The number of hydrogen-bond donors (Lipinski definition) is 2. The molecule has 0 atom stereocenters. The Morgan fingerprint density at radius 1 is 1.28 bits per heavy atom. The highest BCUT2D eigenvalue weighted by Gasteiger charge is 2.44. The van der Waals surface area contributed by atoms with Gasteiger partial charge in [0.2, 0.25) is 5.92 Å². The molecule has 3 nitrogen and oxygen atoms in total. The first-order chi connectivity index (χ1) is 8.36. The van der Waals surface area contributed by atoms with E-state index in [9.17, 15) is 19.0 Å². The largest absolute Gasteiger partial charge is 0.392 e. The standard InChI is InChI=1S/C12H14ClF2NO2/c13-10-5-9(8(7-17)6-16-10)11(18)1-3-12(14,15)4-2-11/h5-6,17-18H,1-4,7H2. The van der Waals surface area contributed by atoms with Crippen molar-refractivity contribution < 1.29 is 19.0 Å². The molecular weight excluding hydrogens is 264 g/mol. The number of hydrogen-bond acceptors (Lipinski definition) is 3. The summed E-state index contributed by atoms with van der Waals surface area (Å²) in [4.78, 5) is 3.81. The Morgan fingerprint density at radius 2 is 1.89 bits per heavy atom. The van der Waals surface area contributed by atoms with Crippen molar-refractivity contribution in [2.24, 2.45) is 0 Å². The minimum absolute atomic E-state index is 0.0483.